The minimum atomic E-state index is -0.475. The molecule has 0 unspecified atom stereocenters. The van der Waals surface area contributed by atoms with E-state index >= 15 is 0 Å². The van der Waals surface area contributed by atoms with Crippen molar-refractivity contribution in [1.82, 2.24) is 14.8 Å². The van der Waals surface area contributed by atoms with E-state index in [9.17, 15) is 4.79 Å². The number of urea groups is 1. The molecule has 0 saturated heterocycles. The Hall–Kier alpha value is -2.81. The number of rotatable bonds is 5. The van der Waals surface area contributed by atoms with Crippen LogP contribution in [0.4, 0.5) is 10.5 Å². The number of benzene rings is 2. The number of anilines is 1. The highest BCUT2D eigenvalue weighted by molar-refractivity contribution is 7.98. The van der Waals surface area contributed by atoms with Gasteiger partial charge in [0.05, 0.1) is 17.1 Å². The van der Waals surface area contributed by atoms with Crippen LogP contribution in [0.25, 0.3) is 5.69 Å². The van der Waals surface area contributed by atoms with Gasteiger partial charge in [-0.3, -0.25) is 5.01 Å². The quantitative estimate of drug-likeness (QED) is 0.279. The first-order valence-electron chi connectivity index (χ1n) is 9.62. The lowest BCUT2D eigenvalue weighted by atomic mass is 10.1. The summed E-state index contributed by atoms with van der Waals surface area (Å²) >= 11 is 1.71. The summed E-state index contributed by atoms with van der Waals surface area (Å²) < 4.78 is 1.96. The standard InChI is InChI=1S/C22H28N6OS/c1-14-7-6-8-20(27(24)22(29)26(5)23)19(14)13-30-21-10-9-18(11-15(21)2)28-17(4)12-16(3)25-28/h6-12H,13,23-24H2,1-5H3. The lowest BCUT2D eigenvalue weighted by molar-refractivity contribution is 0.216. The molecule has 30 heavy (non-hydrogen) atoms. The van der Waals surface area contributed by atoms with E-state index in [0.717, 1.165) is 38.2 Å². The molecule has 3 rings (SSSR count). The first-order chi connectivity index (χ1) is 14.2. The van der Waals surface area contributed by atoms with Crippen molar-refractivity contribution in [2.24, 2.45) is 11.7 Å². The van der Waals surface area contributed by atoms with Crippen molar-refractivity contribution in [1.29, 1.82) is 0 Å². The van der Waals surface area contributed by atoms with Gasteiger partial charge < -0.3 is 0 Å². The zero-order chi connectivity index (χ0) is 22.0. The largest absolute Gasteiger partial charge is 0.352 e. The maximum absolute atomic E-state index is 12.2. The molecule has 4 N–H and O–H groups in total. The number of hydrogen-bond acceptors (Lipinski definition) is 5. The minimum Gasteiger partial charge on any atom is -0.264 e. The molecule has 2 aromatic carbocycles. The van der Waals surface area contributed by atoms with Crippen LogP contribution in [-0.2, 0) is 5.75 Å². The lowest BCUT2D eigenvalue weighted by Crippen LogP contribution is -2.49. The van der Waals surface area contributed by atoms with Gasteiger partial charge in [0.25, 0.3) is 0 Å². The number of hydrogen-bond donors (Lipinski definition) is 2. The van der Waals surface area contributed by atoms with Gasteiger partial charge in [0.1, 0.15) is 0 Å². The molecule has 0 spiro atoms. The predicted molar refractivity (Wildman–Crippen MR) is 123 cm³/mol. The average Bonchev–Trinajstić information content (AvgIpc) is 3.04. The maximum Gasteiger partial charge on any atom is 0.352 e. The molecule has 158 valence electrons. The molecule has 0 fully saturated rings. The van der Waals surface area contributed by atoms with Crippen molar-refractivity contribution >= 4 is 23.5 Å². The summed E-state index contributed by atoms with van der Waals surface area (Å²) in [4.78, 5) is 13.4. The molecule has 0 atom stereocenters. The molecule has 0 bridgehead atoms. The summed E-state index contributed by atoms with van der Waals surface area (Å²) in [5, 5.41) is 6.63. The van der Waals surface area contributed by atoms with E-state index in [2.05, 4.69) is 43.2 Å². The van der Waals surface area contributed by atoms with Crippen LogP contribution < -0.4 is 16.7 Å². The second-order valence-corrected chi connectivity index (χ2v) is 8.43. The van der Waals surface area contributed by atoms with Crippen molar-refractivity contribution < 1.29 is 4.79 Å². The van der Waals surface area contributed by atoms with Crippen LogP contribution in [0.3, 0.4) is 0 Å². The van der Waals surface area contributed by atoms with Crippen LogP contribution >= 0.6 is 11.8 Å². The Kier molecular flexibility index (Phi) is 6.50. The van der Waals surface area contributed by atoms with E-state index in [-0.39, 0.29) is 0 Å². The SMILES string of the molecule is Cc1cc(C)n(-c2ccc(SCc3c(C)cccc3N(N)C(=O)N(C)N)c(C)c2)n1. The Labute approximate surface area is 181 Å². The van der Waals surface area contributed by atoms with E-state index in [1.807, 2.05) is 36.7 Å². The third kappa shape index (κ3) is 4.51. The second-order valence-electron chi connectivity index (χ2n) is 7.41. The Balaban J connectivity index is 1.84. The van der Waals surface area contributed by atoms with E-state index in [0.29, 0.717) is 11.4 Å². The Morgan fingerprint density at radius 2 is 1.80 bits per heavy atom. The summed E-state index contributed by atoms with van der Waals surface area (Å²) in [5.74, 6) is 12.3. The molecule has 0 saturated carbocycles. The number of hydrazine groups is 2. The third-order valence-electron chi connectivity index (χ3n) is 4.94. The van der Waals surface area contributed by atoms with Crippen LogP contribution in [0.1, 0.15) is 28.1 Å². The highest BCUT2D eigenvalue weighted by atomic mass is 32.2. The van der Waals surface area contributed by atoms with E-state index in [1.165, 1.54) is 17.5 Å². The maximum atomic E-state index is 12.2. The van der Waals surface area contributed by atoms with Crippen LogP contribution in [-0.4, -0.2) is 27.9 Å². The number of nitrogens with two attached hydrogens (primary N) is 2. The van der Waals surface area contributed by atoms with Gasteiger partial charge in [0.15, 0.2) is 0 Å². The average molecular weight is 425 g/mol. The predicted octanol–water partition coefficient (Wildman–Crippen LogP) is 4.00. The molecule has 3 aromatic rings. The van der Waals surface area contributed by atoms with Crippen molar-refractivity contribution in [2.75, 3.05) is 12.1 Å². The minimum absolute atomic E-state index is 0.475. The summed E-state index contributed by atoms with van der Waals surface area (Å²) in [5.41, 5.74) is 7.05. The second kappa shape index (κ2) is 8.91. The van der Waals surface area contributed by atoms with Gasteiger partial charge in [-0.05, 0) is 74.7 Å². The van der Waals surface area contributed by atoms with Crippen molar-refractivity contribution in [2.45, 2.75) is 38.3 Å². The smallest absolute Gasteiger partial charge is 0.264 e. The van der Waals surface area contributed by atoms with Gasteiger partial charge in [-0.15, -0.1) is 11.8 Å². The molecule has 7 nitrogen and oxygen atoms in total. The zero-order valence-corrected chi connectivity index (χ0v) is 18.8. The third-order valence-corrected chi connectivity index (χ3v) is 6.14. The van der Waals surface area contributed by atoms with Gasteiger partial charge in [0.2, 0.25) is 0 Å². The number of thioether (sulfide) groups is 1. The Morgan fingerprint density at radius 1 is 1.07 bits per heavy atom. The molecule has 2 amide bonds. The van der Waals surface area contributed by atoms with E-state index in [4.69, 9.17) is 11.7 Å². The van der Waals surface area contributed by atoms with Gasteiger partial charge in [-0.1, -0.05) is 12.1 Å². The summed E-state index contributed by atoms with van der Waals surface area (Å²) in [7, 11) is 1.47. The fourth-order valence-corrected chi connectivity index (χ4v) is 4.47. The Morgan fingerprint density at radius 3 is 2.40 bits per heavy atom. The molecule has 8 heteroatoms. The zero-order valence-electron chi connectivity index (χ0n) is 18.0. The normalized spacial score (nSPS) is 10.9. The number of aryl methyl sites for hydroxylation is 4. The van der Waals surface area contributed by atoms with E-state index in [1.54, 1.807) is 11.8 Å². The highest BCUT2D eigenvalue weighted by Gasteiger charge is 2.19. The van der Waals surface area contributed by atoms with Crippen LogP contribution in [0.2, 0.25) is 0 Å². The van der Waals surface area contributed by atoms with Crippen molar-refractivity contribution in [3.05, 3.63) is 70.5 Å². The van der Waals surface area contributed by atoms with Crippen LogP contribution in [0.15, 0.2) is 47.4 Å². The number of amides is 2. The van der Waals surface area contributed by atoms with Crippen molar-refractivity contribution in [3.63, 3.8) is 0 Å². The molecule has 0 aliphatic rings. The summed E-state index contributed by atoms with van der Waals surface area (Å²) in [6, 6.07) is 13.7. The van der Waals surface area contributed by atoms with Crippen LogP contribution in [0.5, 0.6) is 0 Å². The number of aromatic nitrogens is 2. The molecule has 0 radical (unpaired) electrons. The Bertz CT molecular complexity index is 1080. The van der Waals surface area contributed by atoms with Crippen LogP contribution in [0, 0.1) is 27.7 Å². The molecule has 0 aliphatic heterocycles. The monoisotopic (exact) mass is 424 g/mol. The van der Waals surface area contributed by atoms with Gasteiger partial charge >= 0.3 is 6.03 Å². The highest BCUT2D eigenvalue weighted by Crippen LogP contribution is 2.33. The molecule has 0 aliphatic carbocycles. The molecular weight excluding hydrogens is 396 g/mol. The summed E-state index contributed by atoms with van der Waals surface area (Å²) in [6.45, 7) is 8.16. The lowest BCUT2D eigenvalue weighted by Gasteiger charge is -2.24. The molecule has 1 heterocycles. The fraction of sp³-hybridized carbons (Fsp3) is 0.273. The molecular formula is C22H28N6OS. The number of carbonyl (C=O) groups is 1. The number of carbonyl (C=O) groups excluding carboxylic acids is 1. The van der Waals surface area contributed by atoms with Crippen molar-refractivity contribution in [3.8, 4) is 5.69 Å². The summed E-state index contributed by atoms with van der Waals surface area (Å²) in [6.07, 6.45) is 0. The van der Waals surface area contributed by atoms with E-state index < -0.39 is 6.03 Å². The molecule has 1 aromatic heterocycles. The van der Waals surface area contributed by atoms with Gasteiger partial charge in [0, 0.05) is 23.4 Å². The first-order valence-corrected chi connectivity index (χ1v) is 10.6. The first kappa shape index (κ1) is 21.9. The number of nitrogens with zero attached hydrogens (tertiary/aromatic N) is 4. The van der Waals surface area contributed by atoms with Gasteiger partial charge in [-0.2, -0.15) is 5.10 Å². The van der Waals surface area contributed by atoms with Gasteiger partial charge in [-0.25, -0.2) is 26.2 Å². The fourth-order valence-electron chi connectivity index (χ4n) is 3.34. The topological polar surface area (TPSA) is 93.4 Å².